The molecule has 0 aliphatic carbocycles. The zero-order chi connectivity index (χ0) is 15.1. The van der Waals surface area contributed by atoms with E-state index in [-0.39, 0.29) is 0 Å². The zero-order valence-corrected chi connectivity index (χ0v) is 12.9. The van der Waals surface area contributed by atoms with Gasteiger partial charge in [0.15, 0.2) is 5.58 Å². The molecule has 1 aliphatic rings. The fourth-order valence-corrected chi connectivity index (χ4v) is 3.08. The number of oxazole rings is 1. The number of halogens is 1. The van der Waals surface area contributed by atoms with Gasteiger partial charge in [-0.3, -0.25) is 0 Å². The van der Waals surface area contributed by atoms with Crippen molar-refractivity contribution < 1.29 is 8.83 Å². The number of hydrogen-bond acceptors (Lipinski definition) is 5. The van der Waals surface area contributed by atoms with Gasteiger partial charge >= 0.3 is 0 Å². The van der Waals surface area contributed by atoms with Gasteiger partial charge in [0.25, 0.3) is 6.01 Å². The highest BCUT2D eigenvalue weighted by molar-refractivity contribution is 6.31. The van der Waals surface area contributed by atoms with E-state index >= 15 is 0 Å². The second kappa shape index (κ2) is 5.34. The molecule has 1 unspecified atom stereocenters. The summed E-state index contributed by atoms with van der Waals surface area (Å²) in [6.07, 6.45) is 3.32. The van der Waals surface area contributed by atoms with E-state index in [1.807, 2.05) is 18.2 Å². The first kappa shape index (κ1) is 13.7. The first-order chi connectivity index (χ1) is 10.7. The lowest BCUT2D eigenvalue weighted by Crippen LogP contribution is -2.50. The molecular weight excluding hydrogens is 302 g/mol. The van der Waals surface area contributed by atoms with E-state index in [9.17, 15) is 0 Å². The van der Waals surface area contributed by atoms with Crippen molar-refractivity contribution in [1.82, 2.24) is 10.3 Å². The number of anilines is 1. The summed E-state index contributed by atoms with van der Waals surface area (Å²) >= 11 is 6.23. The third-order valence-electron chi connectivity index (χ3n) is 4.02. The number of nitrogens with zero attached hydrogens (tertiary/aromatic N) is 2. The van der Waals surface area contributed by atoms with Crippen molar-refractivity contribution in [1.29, 1.82) is 0 Å². The van der Waals surface area contributed by atoms with Crippen LogP contribution in [0.2, 0.25) is 5.02 Å². The molecule has 0 amide bonds. The van der Waals surface area contributed by atoms with Crippen molar-refractivity contribution in [3.05, 3.63) is 35.7 Å². The minimum atomic E-state index is 0.342. The van der Waals surface area contributed by atoms with Gasteiger partial charge in [-0.25, -0.2) is 0 Å². The molecule has 2 aromatic heterocycles. The molecule has 0 radical (unpaired) electrons. The second-order valence-corrected chi connectivity index (χ2v) is 5.99. The lowest BCUT2D eigenvalue weighted by Gasteiger charge is -2.32. The summed E-state index contributed by atoms with van der Waals surface area (Å²) in [5, 5.41) is 4.00. The maximum Gasteiger partial charge on any atom is 0.298 e. The second-order valence-electron chi connectivity index (χ2n) is 5.56. The normalized spacial score (nSPS) is 19.0. The zero-order valence-electron chi connectivity index (χ0n) is 12.2. The van der Waals surface area contributed by atoms with E-state index in [0.29, 0.717) is 17.1 Å². The molecule has 1 aliphatic heterocycles. The standard InChI is InChI=1S/C16H16ClN3O2/c1-10-8-18-3-4-20(10)16-19-14-7-12(17)6-13(15(14)22-16)11-2-5-21-9-11/h2,5-7,9-10,18H,3-4,8H2,1H3. The number of hydrogen-bond donors (Lipinski definition) is 1. The monoisotopic (exact) mass is 317 g/mol. The van der Waals surface area contributed by atoms with Crippen molar-refractivity contribution in [3.63, 3.8) is 0 Å². The van der Waals surface area contributed by atoms with Crippen LogP contribution in [0.25, 0.3) is 22.2 Å². The molecule has 114 valence electrons. The third kappa shape index (κ3) is 2.26. The summed E-state index contributed by atoms with van der Waals surface area (Å²) in [6.45, 7) is 4.89. The number of benzene rings is 1. The molecule has 1 fully saturated rings. The van der Waals surface area contributed by atoms with Crippen molar-refractivity contribution in [2.45, 2.75) is 13.0 Å². The Morgan fingerprint density at radius 1 is 1.41 bits per heavy atom. The lowest BCUT2D eigenvalue weighted by atomic mass is 10.1. The average molecular weight is 318 g/mol. The first-order valence-electron chi connectivity index (χ1n) is 7.32. The van der Waals surface area contributed by atoms with Crippen LogP contribution in [0.4, 0.5) is 6.01 Å². The van der Waals surface area contributed by atoms with Crippen LogP contribution in [-0.4, -0.2) is 30.7 Å². The Labute approximate surface area is 132 Å². The fourth-order valence-electron chi connectivity index (χ4n) is 2.87. The van der Waals surface area contributed by atoms with E-state index in [0.717, 1.165) is 41.9 Å². The van der Waals surface area contributed by atoms with Crippen LogP contribution in [-0.2, 0) is 0 Å². The number of nitrogens with one attached hydrogen (secondary N) is 1. The number of furan rings is 1. The van der Waals surface area contributed by atoms with E-state index in [1.165, 1.54) is 0 Å². The minimum Gasteiger partial charge on any atom is -0.472 e. The maximum absolute atomic E-state index is 6.23. The van der Waals surface area contributed by atoms with Crippen LogP contribution in [0, 0.1) is 0 Å². The molecule has 3 heterocycles. The van der Waals surface area contributed by atoms with Crippen LogP contribution < -0.4 is 10.2 Å². The van der Waals surface area contributed by atoms with Gasteiger partial charge in [-0.1, -0.05) is 11.6 Å². The Morgan fingerprint density at radius 2 is 2.32 bits per heavy atom. The topological polar surface area (TPSA) is 54.4 Å². The van der Waals surface area contributed by atoms with E-state index in [2.05, 4.69) is 22.1 Å². The number of piperazine rings is 1. The van der Waals surface area contributed by atoms with Gasteiger partial charge in [-0.05, 0) is 25.1 Å². The molecule has 1 N–H and O–H groups in total. The van der Waals surface area contributed by atoms with Gasteiger partial charge < -0.3 is 19.1 Å². The van der Waals surface area contributed by atoms with Gasteiger partial charge in [0.2, 0.25) is 0 Å². The highest BCUT2D eigenvalue weighted by atomic mass is 35.5. The highest BCUT2D eigenvalue weighted by Gasteiger charge is 2.24. The van der Waals surface area contributed by atoms with Gasteiger partial charge in [-0.15, -0.1) is 0 Å². The molecule has 22 heavy (non-hydrogen) atoms. The van der Waals surface area contributed by atoms with E-state index in [1.54, 1.807) is 12.5 Å². The van der Waals surface area contributed by atoms with Gasteiger partial charge in [0.1, 0.15) is 5.52 Å². The molecule has 4 rings (SSSR count). The first-order valence-corrected chi connectivity index (χ1v) is 7.70. The lowest BCUT2D eigenvalue weighted by molar-refractivity contribution is 0.456. The highest BCUT2D eigenvalue weighted by Crippen LogP contribution is 2.35. The minimum absolute atomic E-state index is 0.342. The molecule has 3 aromatic rings. The molecule has 6 heteroatoms. The molecule has 1 atom stereocenters. The number of aromatic nitrogens is 1. The summed E-state index contributed by atoms with van der Waals surface area (Å²) in [5.41, 5.74) is 3.34. The summed E-state index contributed by atoms with van der Waals surface area (Å²) < 4.78 is 11.2. The van der Waals surface area contributed by atoms with Crippen molar-refractivity contribution in [2.24, 2.45) is 0 Å². The Bertz CT molecular complexity index is 797. The molecule has 1 aromatic carbocycles. The Kier molecular flexibility index (Phi) is 3.32. The fraction of sp³-hybridized carbons (Fsp3) is 0.312. The quantitative estimate of drug-likeness (QED) is 0.783. The molecule has 1 saturated heterocycles. The largest absolute Gasteiger partial charge is 0.472 e. The Balaban J connectivity index is 1.85. The smallest absolute Gasteiger partial charge is 0.298 e. The van der Waals surface area contributed by atoms with Crippen LogP contribution in [0.3, 0.4) is 0 Å². The van der Waals surface area contributed by atoms with Crippen LogP contribution >= 0.6 is 11.6 Å². The molecular formula is C16H16ClN3O2. The third-order valence-corrected chi connectivity index (χ3v) is 4.24. The van der Waals surface area contributed by atoms with Gasteiger partial charge in [0, 0.05) is 41.8 Å². The van der Waals surface area contributed by atoms with Gasteiger partial charge in [0.05, 0.1) is 12.5 Å². The summed E-state index contributed by atoms with van der Waals surface area (Å²) in [5.74, 6) is 0. The maximum atomic E-state index is 6.23. The van der Waals surface area contributed by atoms with Crippen LogP contribution in [0.1, 0.15) is 6.92 Å². The SMILES string of the molecule is CC1CNCCN1c1nc2cc(Cl)cc(-c3ccoc3)c2o1. The average Bonchev–Trinajstić information content (AvgIpc) is 3.15. The Hall–Kier alpha value is -1.98. The van der Waals surface area contributed by atoms with E-state index < -0.39 is 0 Å². The summed E-state index contributed by atoms with van der Waals surface area (Å²) in [6, 6.07) is 6.59. The van der Waals surface area contributed by atoms with Crippen LogP contribution in [0.5, 0.6) is 0 Å². The molecule has 5 nitrogen and oxygen atoms in total. The number of rotatable bonds is 2. The number of fused-ring (bicyclic) bond motifs is 1. The van der Waals surface area contributed by atoms with E-state index in [4.69, 9.17) is 20.4 Å². The van der Waals surface area contributed by atoms with Crippen molar-refractivity contribution in [3.8, 4) is 11.1 Å². The predicted molar refractivity (Wildman–Crippen MR) is 86.4 cm³/mol. The summed E-state index contributed by atoms with van der Waals surface area (Å²) in [4.78, 5) is 6.82. The van der Waals surface area contributed by atoms with Crippen molar-refractivity contribution in [2.75, 3.05) is 24.5 Å². The summed E-state index contributed by atoms with van der Waals surface area (Å²) in [7, 11) is 0. The molecule has 0 saturated carbocycles. The molecule has 0 bridgehead atoms. The van der Waals surface area contributed by atoms with Crippen molar-refractivity contribution >= 4 is 28.7 Å². The van der Waals surface area contributed by atoms with Crippen LogP contribution in [0.15, 0.2) is 39.6 Å². The Morgan fingerprint density at radius 3 is 3.09 bits per heavy atom. The predicted octanol–water partition coefficient (Wildman–Crippen LogP) is 3.54. The molecule has 0 spiro atoms. The van der Waals surface area contributed by atoms with Gasteiger partial charge in [-0.2, -0.15) is 4.98 Å².